The predicted octanol–water partition coefficient (Wildman–Crippen LogP) is 0.623. The number of benzene rings is 1. The van der Waals surface area contributed by atoms with Crippen LogP contribution in [0.15, 0.2) is 30.3 Å². The van der Waals surface area contributed by atoms with Crippen molar-refractivity contribution >= 4 is 11.9 Å². The van der Waals surface area contributed by atoms with Crippen LogP contribution in [0.5, 0.6) is 0 Å². The van der Waals surface area contributed by atoms with Gasteiger partial charge in [-0.2, -0.15) is 0 Å². The van der Waals surface area contributed by atoms with Crippen molar-refractivity contribution in [3.8, 4) is 0 Å². The lowest BCUT2D eigenvalue weighted by Gasteiger charge is -2.41. The molecule has 0 aliphatic carbocycles. The highest BCUT2D eigenvalue weighted by Gasteiger charge is 2.30. The van der Waals surface area contributed by atoms with Crippen LogP contribution in [0.2, 0.25) is 0 Å². The van der Waals surface area contributed by atoms with Crippen LogP contribution in [0.25, 0.3) is 0 Å². The van der Waals surface area contributed by atoms with Gasteiger partial charge >= 0.3 is 6.03 Å². The fourth-order valence-electron chi connectivity index (χ4n) is 2.83. The van der Waals surface area contributed by atoms with Gasteiger partial charge in [-0.1, -0.05) is 30.3 Å². The molecule has 1 saturated heterocycles. The molecule has 1 heterocycles. The van der Waals surface area contributed by atoms with Gasteiger partial charge < -0.3 is 15.8 Å². The number of hydrogen-bond acceptors (Lipinski definition) is 5. The molecule has 4 N–H and O–H groups in total. The average Bonchev–Trinajstić information content (AvgIpc) is 2.56. The summed E-state index contributed by atoms with van der Waals surface area (Å²) >= 11 is 0. The Morgan fingerprint density at radius 1 is 1.25 bits per heavy atom. The van der Waals surface area contributed by atoms with Crippen molar-refractivity contribution in [2.24, 2.45) is 5.73 Å². The molecule has 1 atom stereocenters. The summed E-state index contributed by atoms with van der Waals surface area (Å²) in [6.45, 7) is 7.98. The Labute approximate surface area is 142 Å². The normalized spacial score (nSPS) is 17.2. The Bertz CT molecular complexity index is 556. The first-order chi connectivity index (χ1) is 11.4. The number of carbonyl (C=O) groups is 2. The Hall–Kier alpha value is -1.96. The molecule has 0 aromatic heterocycles. The van der Waals surface area contributed by atoms with Gasteiger partial charge in [-0.05, 0) is 19.4 Å². The third-order valence-corrected chi connectivity index (χ3v) is 4.25. The van der Waals surface area contributed by atoms with Crippen LogP contribution >= 0.6 is 0 Å². The lowest BCUT2D eigenvalue weighted by Crippen LogP contribution is -2.56. The summed E-state index contributed by atoms with van der Waals surface area (Å²) < 4.78 is 5.39. The highest BCUT2D eigenvalue weighted by Crippen LogP contribution is 2.18. The minimum absolute atomic E-state index is 0.149. The fraction of sp³-hybridized carbons (Fsp3) is 0.529. The SMILES string of the molecule is CC(C)(CNC(C(=O)NC(N)=O)c1ccccc1)N1CCOCC1. The Balaban J connectivity index is 2.07. The van der Waals surface area contributed by atoms with Crippen molar-refractivity contribution in [1.29, 1.82) is 0 Å². The lowest BCUT2D eigenvalue weighted by atomic mass is 9.99. The van der Waals surface area contributed by atoms with Crippen LogP contribution < -0.4 is 16.4 Å². The van der Waals surface area contributed by atoms with Crippen molar-refractivity contribution in [3.63, 3.8) is 0 Å². The van der Waals surface area contributed by atoms with Crippen LogP contribution in [0.3, 0.4) is 0 Å². The molecule has 0 bridgehead atoms. The van der Waals surface area contributed by atoms with E-state index in [1.54, 1.807) is 0 Å². The predicted molar refractivity (Wildman–Crippen MR) is 91.4 cm³/mol. The second-order valence-electron chi connectivity index (χ2n) is 6.49. The summed E-state index contributed by atoms with van der Waals surface area (Å²) in [4.78, 5) is 25.7. The van der Waals surface area contributed by atoms with Crippen LogP contribution in [0.4, 0.5) is 4.79 Å². The van der Waals surface area contributed by atoms with Crippen LogP contribution in [-0.4, -0.2) is 55.2 Å². The minimum Gasteiger partial charge on any atom is -0.379 e. The molecule has 1 unspecified atom stereocenters. The number of urea groups is 1. The van der Waals surface area contributed by atoms with Gasteiger partial charge in [0.1, 0.15) is 6.04 Å². The van der Waals surface area contributed by atoms with E-state index in [0.29, 0.717) is 19.8 Å². The zero-order chi connectivity index (χ0) is 17.6. The molecular weight excluding hydrogens is 308 g/mol. The average molecular weight is 334 g/mol. The van der Waals surface area contributed by atoms with E-state index in [-0.39, 0.29) is 5.54 Å². The molecule has 1 fully saturated rings. The maximum absolute atomic E-state index is 12.3. The third-order valence-electron chi connectivity index (χ3n) is 4.25. The number of nitrogens with one attached hydrogen (secondary N) is 2. The van der Waals surface area contributed by atoms with Gasteiger partial charge in [0.2, 0.25) is 5.91 Å². The summed E-state index contributed by atoms with van der Waals surface area (Å²) in [7, 11) is 0. The molecule has 1 aliphatic rings. The van der Waals surface area contributed by atoms with Crippen molar-refractivity contribution in [1.82, 2.24) is 15.5 Å². The number of primary amides is 1. The van der Waals surface area contributed by atoms with E-state index in [9.17, 15) is 9.59 Å². The van der Waals surface area contributed by atoms with E-state index in [2.05, 4.69) is 29.4 Å². The van der Waals surface area contributed by atoms with Gasteiger partial charge in [-0.25, -0.2) is 4.79 Å². The molecule has 3 amide bonds. The Kier molecular flexibility index (Phi) is 6.30. The van der Waals surface area contributed by atoms with Crippen molar-refractivity contribution in [2.45, 2.75) is 25.4 Å². The van der Waals surface area contributed by atoms with Gasteiger partial charge in [-0.3, -0.25) is 15.0 Å². The standard InChI is InChI=1S/C17H26N4O3/c1-17(2,21-8-10-24-11-9-21)12-19-14(15(22)20-16(18)23)13-6-4-3-5-7-13/h3-7,14,19H,8-12H2,1-2H3,(H3,18,20,22,23). The number of hydrogen-bond donors (Lipinski definition) is 3. The maximum atomic E-state index is 12.3. The van der Waals surface area contributed by atoms with E-state index in [4.69, 9.17) is 10.5 Å². The number of ether oxygens (including phenoxy) is 1. The summed E-state index contributed by atoms with van der Waals surface area (Å²) in [5, 5.41) is 5.44. The number of imide groups is 1. The van der Waals surface area contributed by atoms with Gasteiger partial charge in [-0.15, -0.1) is 0 Å². The summed E-state index contributed by atoms with van der Waals surface area (Å²) in [6, 6.07) is 7.79. The van der Waals surface area contributed by atoms with E-state index in [0.717, 1.165) is 18.7 Å². The number of carbonyl (C=O) groups excluding carboxylic acids is 2. The Morgan fingerprint density at radius 3 is 2.46 bits per heavy atom. The number of nitrogens with two attached hydrogens (primary N) is 1. The smallest absolute Gasteiger partial charge is 0.318 e. The van der Waals surface area contributed by atoms with Crippen molar-refractivity contribution in [2.75, 3.05) is 32.8 Å². The third kappa shape index (κ3) is 5.02. The van der Waals surface area contributed by atoms with E-state index in [1.165, 1.54) is 0 Å². The number of rotatable bonds is 6. The molecule has 24 heavy (non-hydrogen) atoms. The molecule has 1 aliphatic heterocycles. The molecule has 1 aromatic rings. The maximum Gasteiger partial charge on any atom is 0.318 e. The summed E-state index contributed by atoms with van der Waals surface area (Å²) in [6.07, 6.45) is 0. The van der Waals surface area contributed by atoms with Crippen LogP contribution in [0, 0.1) is 0 Å². The summed E-state index contributed by atoms with van der Waals surface area (Å²) in [5.41, 5.74) is 5.72. The molecule has 1 aromatic carbocycles. The highest BCUT2D eigenvalue weighted by molar-refractivity contribution is 5.96. The van der Waals surface area contributed by atoms with Gasteiger partial charge in [0.25, 0.3) is 0 Å². The van der Waals surface area contributed by atoms with Crippen LogP contribution in [0.1, 0.15) is 25.5 Å². The molecule has 132 valence electrons. The first-order valence-corrected chi connectivity index (χ1v) is 8.11. The first kappa shape index (κ1) is 18.4. The molecule has 7 nitrogen and oxygen atoms in total. The summed E-state index contributed by atoms with van der Waals surface area (Å²) in [5.74, 6) is -0.452. The topological polar surface area (TPSA) is 96.7 Å². The fourth-order valence-corrected chi connectivity index (χ4v) is 2.83. The van der Waals surface area contributed by atoms with E-state index in [1.807, 2.05) is 30.3 Å². The second kappa shape index (κ2) is 8.23. The number of nitrogens with zero attached hydrogens (tertiary/aromatic N) is 1. The van der Waals surface area contributed by atoms with E-state index >= 15 is 0 Å². The monoisotopic (exact) mass is 334 g/mol. The number of morpholine rings is 1. The quantitative estimate of drug-likeness (QED) is 0.709. The molecule has 2 rings (SSSR count). The first-order valence-electron chi connectivity index (χ1n) is 8.11. The van der Waals surface area contributed by atoms with Crippen LogP contribution in [-0.2, 0) is 9.53 Å². The molecule has 0 saturated carbocycles. The van der Waals surface area contributed by atoms with Gasteiger partial charge in [0.15, 0.2) is 0 Å². The molecule has 0 spiro atoms. The van der Waals surface area contributed by atoms with E-state index < -0.39 is 18.0 Å². The molecular formula is C17H26N4O3. The zero-order valence-electron chi connectivity index (χ0n) is 14.2. The van der Waals surface area contributed by atoms with Gasteiger partial charge in [0.05, 0.1) is 13.2 Å². The lowest BCUT2D eigenvalue weighted by molar-refractivity contribution is -0.122. The highest BCUT2D eigenvalue weighted by atomic mass is 16.5. The largest absolute Gasteiger partial charge is 0.379 e. The second-order valence-corrected chi connectivity index (χ2v) is 6.49. The molecule has 0 radical (unpaired) electrons. The van der Waals surface area contributed by atoms with Gasteiger partial charge in [0, 0.05) is 25.2 Å². The van der Waals surface area contributed by atoms with Crippen molar-refractivity contribution in [3.05, 3.63) is 35.9 Å². The zero-order valence-corrected chi connectivity index (χ0v) is 14.2. The molecule has 7 heteroatoms. The number of amides is 3. The van der Waals surface area contributed by atoms with Crippen molar-refractivity contribution < 1.29 is 14.3 Å². The Morgan fingerprint density at radius 2 is 1.88 bits per heavy atom. The minimum atomic E-state index is -0.852.